The number of hydrogen-bond donors (Lipinski definition) is 2. The maximum absolute atomic E-state index is 8.72. The summed E-state index contributed by atoms with van der Waals surface area (Å²) in [5.74, 6) is 0.163. The standard InChI is InChI=1S/C15H23N3OS/c1-10-6-13(15(16)17-19)4-5-14(10)9-18-7-11(2)20-12(3)8-18/h4-6,11-12,19H,7-9H2,1-3H3,(H2,16,17). The normalized spacial score (nSPS) is 24.9. The summed E-state index contributed by atoms with van der Waals surface area (Å²) >= 11 is 2.07. The SMILES string of the molecule is Cc1cc(/C(N)=N/O)ccc1CN1CC(C)SC(C)C1. The fourth-order valence-electron chi connectivity index (χ4n) is 2.74. The average molecular weight is 293 g/mol. The number of rotatable bonds is 3. The molecule has 0 bridgehead atoms. The molecule has 0 amide bonds. The molecule has 1 aromatic carbocycles. The van der Waals surface area contributed by atoms with E-state index in [9.17, 15) is 0 Å². The van der Waals surface area contributed by atoms with Gasteiger partial charge in [-0.3, -0.25) is 4.90 Å². The van der Waals surface area contributed by atoms with Crippen LogP contribution in [0, 0.1) is 6.92 Å². The van der Waals surface area contributed by atoms with Gasteiger partial charge in [-0.1, -0.05) is 31.1 Å². The maximum Gasteiger partial charge on any atom is 0.170 e. The lowest BCUT2D eigenvalue weighted by atomic mass is 10.0. The number of nitrogens with zero attached hydrogens (tertiary/aromatic N) is 2. The first-order chi connectivity index (χ1) is 9.49. The highest BCUT2D eigenvalue weighted by atomic mass is 32.2. The van der Waals surface area contributed by atoms with Gasteiger partial charge in [0.25, 0.3) is 0 Å². The number of amidine groups is 1. The van der Waals surface area contributed by atoms with Crippen LogP contribution in [0.3, 0.4) is 0 Å². The van der Waals surface area contributed by atoms with E-state index in [2.05, 4.69) is 48.7 Å². The second-order valence-electron chi connectivity index (χ2n) is 5.58. The van der Waals surface area contributed by atoms with E-state index in [1.54, 1.807) is 0 Å². The van der Waals surface area contributed by atoms with E-state index in [1.165, 1.54) is 11.1 Å². The van der Waals surface area contributed by atoms with Crippen molar-refractivity contribution >= 4 is 17.6 Å². The zero-order valence-electron chi connectivity index (χ0n) is 12.3. The molecule has 2 atom stereocenters. The Kier molecular flexibility index (Phi) is 4.94. The van der Waals surface area contributed by atoms with Gasteiger partial charge in [0.1, 0.15) is 0 Å². The van der Waals surface area contributed by atoms with Crippen LogP contribution in [0.4, 0.5) is 0 Å². The molecular weight excluding hydrogens is 270 g/mol. The number of thioether (sulfide) groups is 1. The summed E-state index contributed by atoms with van der Waals surface area (Å²) in [5.41, 5.74) is 8.89. The second-order valence-corrected chi connectivity index (χ2v) is 7.46. The third kappa shape index (κ3) is 3.67. The van der Waals surface area contributed by atoms with Crippen LogP contribution in [0.1, 0.15) is 30.5 Å². The topological polar surface area (TPSA) is 61.9 Å². The molecule has 2 unspecified atom stereocenters. The molecule has 5 heteroatoms. The minimum atomic E-state index is 0.163. The molecule has 1 aliphatic heterocycles. The van der Waals surface area contributed by atoms with Crippen molar-refractivity contribution in [3.05, 3.63) is 34.9 Å². The summed E-state index contributed by atoms with van der Waals surface area (Å²) in [7, 11) is 0. The van der Waals surface area contributed by atoms with Gasteiger partial charge >= 0.3 is 0 Å². The lowest BCUT2D eigenvalue weighted by Gasteiger charge is -2.34. The first-order valence-corrected chi connectivity index (χ1v) is 7.89. The van der Waals surface area contributed by atoms with E-state index >= 15 is 0 Å². The minimum Gasteiger partial charge on any atom is -0.409 e. The maximum atomic E-state index is 8.72. The summed E-state index contributed by atoms with van der Waals surface area (Å²) in [5, 5.41) is 13.1. The summed E-state index contributed by atoms with van der Waals surface area (Å²) in [6.07, 6.45) is 0. The van der Waals surface area contributed by atoms with Gasteiger partial charge in [-0.2, -0.15) is 11.8 Å². The zero-order chi connectivity index (χ0) is 14.7. The Balaban J connectivity index is 2.10. The van der Waals surface area contributed by atoms with Crippen molar-refractivity contribution in [2.24, 2.45) is 10.9 Å². The number of benzene rings is 1. The number of nitrogens with two attached hydrogens (primary N) is 1. The molecule has 4 nitrogen and oxygen atoms in total. The summed E-state index contributed by atoms with van der Waals surface area (Å²) < 4.78 is 0. The molecule has 3 N–H and O–H groups in total. The van der Waals surface area contributed by atoms with Gasteiger partial charge in [-0.25, -0.2) is 0 Å². The first-order valence-electron chi connectivity index (χ1n) is 6.95. The molecule has 2 rings (SSSR count). The zero-order valence-corrected chi connectivity index (χ0v) is 13.2. The van der Waals surface area contributed by atoms with E-state index in [4.69, 9.17) is 10.9 Å². The third-order valence-corrected chi connectivity index (χ3v) is 4.86. The fourth-order valence-corrected chi connectivity index (χ4v) is 4.13. The highest BCUT2D eigenvalue weighted by molar-refractivity contribution is 8.00. The lowest BCUT2D eigenvalue weighted by molar-refractivity contribution is 0.262. The van der Waals surface area contributed by atoms with Crippen molar-refractivity contribution in [2.45, 2.75) is 37.8 Å². The van der Waals surface area contributed by atoms with Crippen molar-refractivity contribution in [3.63, 3.8) is 0 Å². The van der Waals surface area contributed by atoms with E-state index < -0.39 is 0 Å². The van der Waals surface area contributed by atoms with Crippen LogP contribution in [0.15, 0.2) is 23.4 Å². The number of oxime groups is 1. The molecule has 20 heavy (non-hydrogen) atoms. The molecular formula is C15H23N3OS. The molecule has 0 saturated carbocycles. The van der Waals surface area contributed by atoms with Gasteiger partial charge in [0.15, 0.2) is 5.84 Å². The van der Waals surface area contributed by atoms with Crippen LogP contribution in [0.25, 0.3) is 0 Å². The summed E-state index contributed by atoms with van der Waals surface area (Å²) in [6.45, 7) is 9.91. The predicted octanol–water partition coefficient (Wildman–Crippen LogP) is 2.42. The molecule has 1 heterocycles. The van der Waals surface area contributed by atoms with Crippen molar-refractivity contribution in [1.82, 2.24) is 4.90 Å². The predicted molar refractivity (Wildman–Crippen MR) is 85.5 cm³/mol. The van der Waals surface area contributed by atoms with Crippen LogP contribution >= 0.6 is 11.8 Å². The Morgan fingerprint density at radius 2 is 2.05 bits per heavy atom. The first kappa shape index (κ1) is 15.2. The van der Waals surface area contributed by atoms with Crippen LogP contribution in [0.2, 0.25) is 0 Å². The average Bonchev–Trinajstić information content (AvgIpc) is 2.39. The van der Waals surface area contributed by atoms with Crippen LogP contribution in [-0.2, 0) is 6.54 Å². The van der Waals surface area contributed by atoms with E-state index in [0.717, 1.165) is 25.2 Å². The van der Waals surface area contributed by atoms with Gasteiger partial charge in [0, 0.05) is 35.7 Å². The Hall–Kier alpha value is -1.20. The summed E-state index contributed by atoms with van der Waals surface area (Å²) in [6, 6.07) is 5.98. The van der Waals surface area contributed by atoms with Gasteiger partial charge in [-0.05, 0) is 24.1 Å². The minimum absolute atomic E-state index is 0.163. The molecule has 1 aromatic rings. The van der Waals surface area contributed by atoms with Crippen molar-refractivity contribution in [3.8, 4) is 0 Å². The lowest BCUT2D eigenvalue weighted by Crippen LogP contribution is -2.39. The molecule has 0 spiro atoms. The molecule has 1 fully saturated rings. The van der Waals surface area contributed by atoms with Gasteiger partial charge < -0.3 is 10.9 Å². The Labute approximate surface area is 125 Å². The molecule has 0 radical (unpaired) electrons. The molecule has 110 valence electrons. The molecule has 1 aliphatic rings. The smallest absolute Gasteiger partial charge is 0.170 e. The highest BCUT2D eigenvalue weighted by Gasteiger charge is 2.22. The molecule has 0 aromatic heterocycles. The number of aryl methyl sites for hydroxylation is 1. The Morgan fingerprint density at radius 3 is 2.60 bits per heavy atom. The second kappa shape index (κ2) is 6.50. The third-order valence-electron chi connectivity index (χ3n) is 3.64. The monoisotopic (exact) mass is 293 g/mol. The quantitative estimate of drug-likeness (QED) is 0.389. The summed E-state index contributed by atoms with van der Waals surface area (Å²) in [4.78, 5) is 2.51. The van der Waals surface area contributed by atoms with E-state index in [-0.39, 0.29) is 5.84 Å². The fraction of sp³-hybridized carbons (Fsp3) is 0.533. The van der Waals surface area contributed by atoms with Crippen LogP contribution < -0.4 is 5.73 Å². The van der Waals surface area contributed by atoms with E-state index in [0.29, 0.717) is 10.5 Å². The van der Waals surface area contributed by atoms with Crippen molar-refractivity contribution in [2.75, 3.05) is 13.1 Å². The molecule has 0 aliphatic carbocycles. The van der Waals surface area contributed by atoms with Gasteiger partial charge in [0.2, 0.25) is 0 Å². The van der Waals surface area contributed by atoms with Gasteiger partial charge in [0.05, 0.1) is 0 Å². The molecule has 1 saturated heterocycles. The van der Waals surface area contributed by atoms with Crippen LogP contribution in [0.5, 0.6) is 0 Å². The number of hydrogen-bond acceptors (Lipinski definition) is 4. The van der Waals surface area contributed by atoms with E-state index in [1.807, 2.05) is 12.1 Å². The van der Waals surface area contributed by atoms with Crippen molar-refractivity contribution in [1.29, 1.82) is 0 Å². The highest BCUT2D eigenvalue weighted by Crippen LogP contribution is 2.26. The Bertz CT molecular complexity index is 494. The van der Waals surface area contributed by atoms with Crippen LogP contribution in [-0.4, -0.2) is 39.5 Å². The van der Waals surface area contributed by atoms with Crippen molar-refractivity contribution < 1.29 is 5.21 Å². The largest absolute Gasteiger partial charge is 0.409 e. The van der Waals surface area contributed by atoms with Gasteiger partial charge in [-0.15, -0.1) is 0 Å². The Morgan fingerprint density at radius 1 is 1.40 bits per heavy atom.